The normalized spacial score (nSPS) is 10.5. The molecule has 0 saturated carbocycles. The zero-order valence-corrected chi connectivity index (χ0v) is 8.84. The molecule has 1 heterocycles. The highest BCUT2D eigenvalue weighted by atomic mass is 35.5. The highest BCUT2D eigenvalue weighted by Crippen LogP contribution is 2.20. The summed E-state index contributed by atoms with van der Waals surface area (Å²) < 4.78 is 4.82. The van der Waals surface area contributed by atoms with Crippen LogP contribution < -0.4 is 0 Å². The standard InChI is InChI=1S/C10H9ClN2O2/c1-2-15-10(14)9-12-7-5-3-4-6(11)8(7)13-9/h3-5H,2H2,1H3,(H,12,13). The number of para-hydroxylation sites is 1. The molecule has 5 heteroatoms. The van der Waals surface area contributed by atoms with Gasteiger partial charge in [-0.3, -0.25) is 0 Å². The van der Waals surface area contributed by atoms with Gasteiger partial charge in [0.05, 0.1) is 17.1 Å². The lowest BCUT2D eigenvalue weighted by Crippen LogP contribution is -2.06. The smallest absolute Gasteiger partial charge is 0.374 e. The van der Waals surface area contributed by atoms with Crippen LogP contribution in [0.15, 0.2) is 18.2 Å². The lowest BCUT2D eigenvalue weighted by atomic mass is 10.3. The maximum Gasteiger partial charge on any atom is 0.374 e. The predicted octanol–water partition coefficient (Wildman–Crippen LogP) is 2.39. The molecule has 78 valence electrons. The quantitative estimate of drug-likeness (QED) is 0.797. The van der Waals surface area contributed by atoms with Crippen LogP contribution in [-0.4, -0.2) is 22.5 Å². The first-order valence-corrected chi connectivity index (χ1v) is 4.91. The number of aromatic amines is 1. The van der Waals surface area contributed by atoms with Crippen LogP contribution in [0.1, 0.15) is 17.5 Å². The van der Waals surface area contributed by atoms with E-state index >= 15 is 0 Å². The fraction of sp³-hybridized carbons (Fsp3) is 0.200. The van der Waals surface area contributed by atoms with E-state index in [9.17, 15) is 4.79 Å². The van der Waals surface area contributed by atoms with Crippen molar-refractivity contribution < 1.29 is 9.53 Å². The first-order valence-electron chi connectivity index (χ1n) is 4.53. The molecule has 0 atom stereocenters. The Kier molecular flexibility index (Phi) is 2.60. The molecule has 0 aliphatic heterocycles. The third-order valence-corrected chi connectivity index (χ3v) is 2.24. The molecule has 1 N–H and O–H groups in total. The zero-order valence-electron chi connectivity index (χ0n) is 8.08. The number of esters is 1. The lowest BCUT2D eigenvalue weighted by Gasteiger charge is -1.95. The number of nitrogens with one attached hydrogen (secondary N) is 1. The van der Waals surface area contributed by atoms with Crippen LogP contribution in [0.5, 0.6) is 0 Å². The summed E-state index contributed by atoms with van der Waals surface area (Å²) in [5.74, 6) is -0.287. The fourth-order valence-electron chi connectivity index (χ4n) is 1.29. The molecule has 4 nitrogen and oxygen atoms in total. The van der Waals surface area contributed by atoms with Gasteiger partial charge in [0.1, 0.15) is 5.52 Å². The second-order valence-electron chi connectivity index (χ2n) is 2.94. The van der Waals surface area contributed by atoms with E-state index in [2.05, 4.69) is 9.97 Å². The number of halogens is 1. The van der Waals surface area contributed by atoms with Crippen LogP contribution in [0, 0.1) is 0 Å². The highest BCUT2D eigenvalue weighted by Gasteiger charge is 2.13. The zero-order chi connectivity index (χ0) is 10.8. The number of ether oxygens (including phenoxy) is 1. The Morgan fingerprint density at radius 2 is 2.40 bits per heavy atom. The molecule has 0 bridgehead atoms. The summed E-state index contributed by atoms with van der Waals surface area (Å²) in [7, 11) is 0. The summed E-state index contributed by atoms with van der Waals surface area (Å²) in [4.78, 5) is 18.3. The van der Waals surface area contributed by atoms with Crippen molar-refractivity contribution in [1.29, 1.82) is 0 Å². The number of H-pyrrole nitrogens is 1. The summed E-state index contributed by atoms with van der Waals surface area (Å²) in [6.45, 7) is 2.07. The number of aromatic nitrogens is 2. The van der Waals surface area contributed by atoms with Gasteiger partial charge in [-0.1, -0.05) is 17.7 Å². The molecule has 0 radical (unpaired) electrons. The van der Waals surface area contributed by atoms with Crippen LogP contribution in [0.25, 0.3) is 11.0 Å². The van der Waals surface area contributed by atoms with Gasteiger partial charge in [0.2, 0.25) is 5.82 Å². The van der Waals surface area contributed by atoms with Crippen molar-refractivity contribution in [2.75, 3.05) is 6.61 Å². The first kappa shape index (κ1) is 9.98. The van der Waals surface area contributed by atoms with Crippen molar-refractivity contribution in [2.24, 2.45) is 0 Å². The molecule has 0 amide bonds. The minimum absolute atomic E-state index is 0.181. The molecule has 1 aromatic heterocycles. The number of hydrogen-bond acceptors (Lipinski definition) is 3. The van der Waals surface area contributed by atoms with E-state index in [1.807, 2.05) is 0 Å². The molecule has 0 fully saturated rings. The molecular weight excluding hydrogens is 216 g/mol. The topological polar surface area (TPSA) is 55.0 Å². The molecular formula is C10H9ClN2O2. The number of imidazole rings is 1. The summed E-state index contributed by atoms with van der Waals surface area (Å²) in [6, 6.07) is 5.31. The van der Waals surface area contributed by atoms with Gasteiger partial charge in [-0.15, -0.1) is 0 Å². The van der Waals surface area contributed by atoms with E-state index < -0.39 is 5.97 Å². The number of rotatable bonds is 2. The SMILES string of the molecule is CCOC(=O)c1nc2c(Cl)cccc2[nH]1. The molecule has 0 unspecified atom stereocenters. The van der Waals surface area contributed by atoms with Crippen molar-refractivity contribution in [3.63, 3.8) is 0 Å². The Morgan fingerprint density at radius 1 is 1.60 bits per heavy atom. The number of fused-ring (bicyclic) bond motifs is 1. The van der Waals surface area contributed by atoms with Gasteiger partial charge in [0, 0.05) is 0 Å². The molecule has 15 heavy (non-hydrogen) atoms. The van der Waals surface area contributed by atoms with Crippen molar-refractivity contribution in [3.05, 3.63) is 29.0 Å². The lowest BCUT2D eigenvalue weighted by molar-refractivity contribution is 0.0514. The fourth-order valence-corrected chi connectivity index (χ4v) is 1.51. The van der Waals surface area contributed by atoms with E-state index in [0.717, 1.165) is 5.52 Å². The van der Waals surface area contributed by atoms with E-state index in [-0.39, 0.29) is 5.82 Å². The summed E-state index contributed by atoms with van der Waals surface area (Å²) in [5.41, 5.74) is 1.31. The highest BCUT2D eigenvalue weighted by molar-refractivity contribution is 6.35. The van der Waals surface area contributed by atoms with Crippen LogP contribution in [-0.2, 0) is 4.74 Å². The van der Waals surface area contributed by atoms with Gasteiger partial charge in [-0.2, -0.15) is 0 Å². The van der Waals surface area contributed by atoms with Gasteiger partial charge < -0.3 is 9.72 Å². The Morgan fingerprint density at radius 3 is 3.07 bits per heavy atom. The molecule has 2 rings (SSSR count). The molecule has 0 spiro atoms. The molecule has 1 aromatic carbocycles. The molecule has 0 aliphatic rings. The molecule has 2 aromatic rings. The van der Waals surface area contributed by atoms with Gasteiger partial charge >= 0.3 is 5.97 Å². The van der Waals surface area contributed by atoms with Crippen molar-refractivity contribution >= 4 is 28.6 Å². The Bertz CT molecular complexity index is 507. The summed E-state index contributed by atoms with van der Waals surface area (Å²) in [5, 5.41) is 0.513. The van der Waals surface area contributed by atoms with Crippen molar-refractivity contribution in [3.8, 4) is 0 Å². The predicted molar refractivity (Wildman–Crippen MR) is 57.1 cm³/mol. The van der Waals surface area contributed by atoms with E-state index in [1.165, 1.54) is 0 Å². The van der Waals surface area contributed by atoms with E-state index in [1.54, 1.807) is 25.1 Å². The van der Waals surface area contributed by atoms with Crippen LogP contribution in [0.4, 0.5) is 0 Å². The van der Waals surface area contributed by atoms with E-state index in [0.29, 0.717) is 17.1 Å². The number of benzene rings is 1. The molecule has 0 aliphatic carbocycles. The summed E-state index contributed by atoms with van der Waals surface area (Å²) in [6.07, 6.45) is 0. The van der Waals surface area contributed by atoms with Crippen LogP contribution in [0.3, 0.4) is 0 Å². The van der Waals surface area contributed by atoms with Gasteiger partial charge in [-0.05, 0) is 19.1 Å². The summed E-state index contributed by atoms with van der Waals surface area (Å²) >= 11 is 5.92. The second kappa shape index (κ2) is 3.90. The monoisotopic (exact) mass is 224 g/mol. The minimum Gasteiger partial charge on any atom is -0.460 e. The average Bonchev–Trinajstić information content (AvgIpc) is 2.63. The Hall–Kier alpha value is -1.55. The van der Waals surface area contributed by atoms with Crippen molar-refractivity contribution in [2.45, 2.75) is 6.92 Å². The number of carbonyl (C=O) groups is 1. The number of carbonyl (C=O) groups excluding carboxylic acids is 1. The average molecular weight is 225 g/mol. The van der Waals surface area contributed by atoms with E-state index in [4.69, 9.17) is 16.3 Å². The second-order valence-corrected chi connectivity index (χ2v) is 3.35. The van der Waals surface area contributed by atoms with Gasteiger partial charge in [-0.25, -0.2) is 9.78 Å². The van der Waals surface area contributed by atoms with Gasteiger partial charge in [0.25, 0.3) is 0 Å². The third kappa shape index (κ3) is 1.80. The minimum atomic E-state index is -0.468. The van der Waals surface area contributed by atoms with Crippen LogP contribution >= 0.6 is 11.6 Å². The third-order valence-electron chi connectivity index (χ3n) is 1.93. The van der Waals surface area contributed by atoms with Gasteiger partial charge in [0.15, 0.2) is 0 Å². The maximum absolute atomic E-state index is 11.4. The Balaban J connectivity index is 2.47. The molecule has 0 saturated heterocycles. The van der Waals surface area contributed by atoms with Crippen LogP contribution in [0.2, 0.25) is 5.02 Å². The largest absolute Gasteiger partial charge is 0.460 e. The Labute approximate surface area is 91.2 Å². The maximum atomic E-state index is 11.4. The van der Waals surface area contributed by atoms with Crippen molar-refractivity contribution in [1.82, 2.24) is 9.97 Å². The number of hydrogen-bond donors (Lipinski definition) is 1. The number of nitrogens with zero attached hydrogens (tertiary/aromatic N) is 1. The first-order chi connectivity index (χ1) is 7.22.